The summed E-state index contributed by atoms with van der Waals surface area (Å²) < 4.78 is 90.8. The van der Waals surface area contributed by atoms with Crippen LogP contribution < -0.4 is 4.74 Å². The molecule has 0 N–H and O–H groups in total. The van der Waals surface area contributed by atoms with Crippen LogP contribution in [0.3, 0.4) is 0 Å². The lowest BCUT2D eigenvalue weighted by Crippen LogP contribution is -2.22. The zero-order chi connectivity index (χ0) is 24.6. The monoisotopic (exact) mass is 498 g/mol. The Labute approximate surface area is 198 Å². The Morgan fingerprint density at radius 3 is 1.85 bits per heavy atom. The molecule has 0 saturated heterocycles. The first-order chi connectivity index (χ1) is 16.0. The van der Waals surface area contributed by atoms with Crippen LogP contribution in [0.2, 0.25) is 5.02 Å². The molecule has 0 aliphatic heterocycles. The lowest BCUT2D eigenvalue weighted by Gasteiger charge is -2.26. The number of alkyl halides is 2. The van der Waals surface area contributed by atoms with Gasteiger partial charge in [-0.3, -0.25) is 0 Å². The second kappa shape index (κ2) is 9.53. The van der Waals surface area contributed by atoms with E-state index < -0.39 is 51.1 Å². The van der Waals surface area contributed by atoms with Gasteiger partial charge in [-0.25, -0.2) is 17.6 Å². The van der Waals surface area contributed by atoms with Gasteiger partial charge in [-0.2, -0.15) is 8.78 Å². The van der Waals surface area contributed by atoms with E-state index in [1.54, 1.807) is 12.1 Å². The van der Waals surface area contributed by atoms with Crippen LogP contribution in [0.5, 0.6) is 5.75 Å². The molecule has 4 rings (SSSR count). The summed E-state index contributed by atoms with van der Waals surface area (Å²) in [5, 5.41) is -0.842. The van der Waals surface area contributed by atoms with Crippen LogP contribution in [0.15, 0.2) is 48.5 Å². The molecule has 34 heavy (non-hydrogen) atoms. The molecule has 1 nitrogen and oxygen atoms in total. The molecule has 1 fully saturated rings. The van der Waals surface area contributed by atoms with Crippen molar-refractivity contribution in [3.05, 3.63) is 87.9 Å². The standard InChI is InChI=1S/C26H21ClF6O/c1-14-2-4-15(5-3-14)16-6-8-19(9-7-16)34-26(32,33)18-12-20(28)24(21(29)13-18)17-10-22(30)25(27)23(31)11-17/h6-15H,2-5H2,1H3. The van der Waals surface area contributed by atoms with E-state index in [4.69, 9.17) is 16.3 Å². The lowest BCUT2D eigenvalue weighted by molar-refractivity contribution is -0.185. The third kappa shape index (κ3) is 5.04. The minimum absolute atomic E-state index is 0.162. The van der Waals surface area contributed by atoms with Gasteiger partial charge in [-0.15, -0.1) is 0 Å². The topological polar surface area (TPSA) is 9.23 Å². The van der Waals surface area contributed by atoms with E-state index in [1.165, 1.54) is 12.1 Å². The number of ether oxygens (including phenoxy) is 1. The summed E-state index contributed by atoms with van der Waals surface area (Å²) in [6.07, 6.45) is 0.235. The van der Waals surface area contributed by atoms with Gasteiger partial charge in [0.05, 0.1) is 11.1 Å². The minimum atomic E-state index is -4.06. The Bertz CT molecular complexity index is 1140. The van der Waals surface area contributed by atoms with Crippen molar-refractivity contribution in [3.8, 4) is 16.9 Å². The van der Waals surface area contributed by atoms with E-state index in [1.807, 2.05) is 0 Å². The molecule has 0 unspecified atom stereocenters. The fourth-order valence-electron chi connectivity index (χ4n) is 4.33. The third-order valence-electron chi connectivity index (χ3n) is 6.26. The summed E-state index contributed by atoms with van der Waals surface area (Å²) in [5.41, 5.74) is -1.42. The number of rotatable bonds is 5. The molecular weight excluding hydrogens is 478 g/mol. The Balaban J connectivity index is 1.56. The smallest absolute Gasteiger partial charge is 0.426 e. The maximum Gasteiger partial charge on any atom is 0.426 e. The van der Waals surface area contributed by atoms with Gasteiger partial charge in [-0.05, 0) is 72.2 Å². The number of benzene rings is 3. The van der Waals surface area contributed by atoms with Gasteiger partial charge in [0, 0.05) is 0 Å². The summed E-state index contributed by atoms with van der Waals surface area (Å²) in [4.78, 5) is 0. The zero-order valence-electron chi connectivity index (χ0n) is 18.2. The van der Waals surface area contributed by atoms with Crippen LogP contribution in [0, 0.1) is 29.2 Å². The van der Waals surface area contributed by atoms with Crippen LogP contribution in [0.4, 0.5) is 26.3 Å². The molecule has 0 amide bonds. The maximum atomic E-state index is 14.7. The van der Waals surface area contributed by atoms with Crippen molar-refractivity contribution in [1.82, 2.24) is 0 Å². The van der Waals surface area contributed by atoms with E-state index >= 15 is 0 Å². The molecule has 1 aliphatic rings. The van der Waals surface area contributed by atoms with Crippen LogP contribution in [-0.4, -0.2) is 0 Å². The average Bonchev–Trinajstić information content (AvgIpc) is 2.78. The van der Waals surface area contributed by atoms with E-state index in [2.05, 4.69) is 6.92 Å². The number of halogens is 7. The molecule has 0 radical (unpaired) electrons. The largest absolute Gasteiger partial charge is 0.429 e. The SMILES string of the molecule is CC1CCC(c2ccc(OC(F)(F)c3cc(F)c(-c4cc(F)c(Cl)c(F)c4)c(F)c3)cc2)CC1. The molecule has 0 atom stereocenters. The minimum Gasteiger partial charge on any atom is -0.429 e. The Morgan fingerprint density at radius 2 is 1.32 bits per heavy atom. The highest BCUT2D eigenvalue weighted by Crippen LogP contribution is 2.39. The molecule has 3 aromatic carbocycles. The molecule has 0 spiro atoms. The highest BCUT2D eigenvalue weighted by Gasteiger charge is 2.37. The van der Waals surface area contributed by atoms with Gasteiger partial charge >= 0.3 is 6.11 Å². The first kappa shape index (κ1) is 24.5. The fourth-order valence-corrected chi connectivity index (χ4v) is 4.43. The lowest BCUT2D eigenvalue weighted by atomic mass is 9.79. The van der Waals surface area contributed by atoms with Crippen molar-refractivity contribution >= 4 is 11.6 Å². The van der Waals surface area contributed by atoms with Crippen LogP contribution >= 0.6 is 11.6 Å². The summed E-state index contributed by atoms with van der Waals surface area (Å²) in [5.74, 6) is -4.45. The molecule has 8 heteroatoms. The predicted molar refractivity (Wildman–Crippen MR) is 118 cm³/mol. The van der Waals surface area contributed by atoms with Crippen LogP contribution in [-0.2, 0) is 6.11 Å². The van der Waals surface area contributed by atoms with Crippen molar-refractivity contribution in [2.75, 3.05) is 0 Å². The van der Waals surface area contributed by atoms with Crippen molar-refractivity contribution in [2.45, 2.75) is 44.6 Å². The number of hydrogen-bond donors (Lipinski definition) is 0. The molecule has 0 heterocycles. The third-order valence-corrected chi connectivity index (χ3v) is 6.63. The molecule has 0 bridgehead atoms. The maximum absolute atomic E-state index is 14.7. The summed E-state index contributed by atoms with van der Waals surface area (Å²) in [6.45, 7) is 2.21. The summed E-state index contributed by atoms with van der Waals surface area (Å²) in [7, 11) is 0. The predicted octanol–water partition coefficient (Wildman–Crippen LogP) is 8.99. The molecule has 0 aromatic heterocycles. The van der Waals surface area contributed by atoms with Crippen LogP contribution in [0.25, 0.3) is 11.1 Å². The fraction of sp³-hybridized carbons (Fsp3) is 0.308. The Morgan fingerprint density at radius 1 is 0.794 bits per heavy atom. The first-order valence-corrected chi connectivity index (χ1v) is 11.2. The molecule has 3 aromatic rings. The summed E-state index contributed by atoms with van der Waals surface area (Å²) >= 11 is 5.39. The van der Waals surface area contributed by atoms with E-state index in [9.17, 15) is 26.3 Å². The van der Waals surface area contributed by atoms with Gasteiger partial charge in [0.1, 0.15) is 34.0 Å². The summed E-state index contributed by atoms with van der Waals surface area (Å²) in [6, 6.07) is 8.25. The van der Waals surface area contributed by atoms with Gasteiger partial charge in [0.25, 0.3) is 0 Å². The molecule has 1 saturated carbocycles. The molecular formula is C26H21ClF6O. The normalized spacial score (nSPS) is 18.7. The van der Waals surface area contributed by atoms with Crippen LogP contribution in [0.1, 0.15) is 49.7 Å². The molecule has 180 valence electrons. The van der Waals surface area contributed by atoms with E-state index in [-0.39, 0.29) is 5.75 Å². The van der Waals surface area contributed by atoms with Crippen molar-refractivity contribution < 1.29 is 31.1 Å². The van der Waals surface area contributed by atoms with Crippen molar-refractivity contribution in [3.63, 3.8) is 0 Å². The van der Waals surface area contributed by atoms with Gasteiger partial charge in [-0.1, -0.05) is 43.5 Å². The Kier molecular flexibility index (Phi) is 6.85. The van der Waals surface area contributed by atoms with E-state index in [0.717, 1.165) is 31.2 Å². The molecule has 1 aliphatic carbocycles. The van der Waals surface area contributed by atoms with Crippen molar-refractivity contribution in [1.29, 1.82) is 0 Å². The second-order valence-electron chi connectivity index (χ2n) is 8.71. The van der Waals surface area contributed by atoms with Gasteiger partial charge < -0.3 is 4.74 Å². The van der Waals surface area contributed by atoms with Crippen molar-refractivity contribution in [2.24, 2.45) is 5.92 Å². The van der Waals surface area contributed by atoms with E-state index in [0.29, 0.717) is 36.1 Å². The quantitative estimate of drug-likeness (QED) is 0.252. The zero-order valence-corrected chi connectivity index (χ0v) is 18.9. The highest BCUT2D eigenvalue weighted by molar-refractivity contribution is 6.31. The Hall–Kier alpha value is -2.67. The highest BCUT2D eigenvalue weighted by atomic mass is 35.5. The van der Waals surface area contributed by atoms with Gasteiger partial charge in [0.15, 0.2) is 0 Å². The number of hydrogen-bond acceptors (Lipinski definition) is 1. The second-order valence-corrected chi connectivity index (χ2v) is 9.09. The van der Waals surface area contributed by atoms with Gasteiger partial charge in [0.2, 0.25) is 0 Å². The first-order valence-electron chi connectivity index (χ1n) is 10.9. The average molecular weight is 499 g/mol.